The first-order valence-electron chi connectivity index (χ1n) is 11.3. The fourth-order valence-electron chi connectivity index (χ4n) is 4.37. The molecule has 5 rings (SSSR count). The summed E-state index contributed by atoms with van der Waals surface area (Å²) >= 11 is 0. The van der Waals surface area contributed by atoms with Gasteiger partial charge in [-0.05, 0) is 31.7 Å². The lowest BCUT2D eigenvalue weighted by Gasteiger charge is -2.31. The van der Waals surface area contributed by atoms with Crippen molar-refractivity contribution in [3.05, 3.63) is 48.3 Å². The molecule has 0 atom stereocenters. The van der Waals surface area contributed by atoms with Gasteiger partial charge in [0.05, 0.1) is 24.8 Å². The highest BCUT2D eigenvalue weighted by Crippen LogP contribution is 2.33. The Bertz CT molecular complexity index is 1160. The van der Waals surface area contributed by atoms with Crippen LogP contribution in [0.15, 0.2) is 30.6 Å². The van der Waals surface area contributed by atoms with Gasteiger partial charge >= 0.3 is 0 Å². The minimum atomic E-state index is -1.08. The molecule has 0 unspecified atom stereocenters. The molecule has 2 aromatic heterocycles. The largest absolute Gasteiger partial charge is 0.488 e. The molecular formula is C23H24F2N6O3. The molecule has 1 saturated carbocycles. The van der Waals surface area contributed by atoms with E-state index in [2.05, 4.69) is 30.2 Å². The van der Waals surface area contributed by atoms with Crippen LogP contribution in [0.25, 0.3) is 11.0 Å². The molecule has 9 nitrogen and oxygen atoms in total. The van der Waals surface area contributed by atoms with Gasteiger partial charge in [-0.3, -0.25) is 9.78 Å². The van der Waals surface area contributed by atoms with Crippen LogP contribution in [0.2, 0.25) is 0 Å². The molecule has 3 aromatic rings. The van der Waals surface area contributed by atoms with Gasteiger partial charge in [-0.25, -0.2) is 4.98 Å². The quantitative estimate of drug-likeness (QED) is 0.568. The second kappa shape index (κ2) is 9.80. The molecule has 11 heteroatoms. The molecule has 1 aliphatic heterocycles. The smallest absolute Gasteiger partial charge is 0.289 e. The Morgan fingerprint density at radius 3 is 2.44 bits per heavy atom. The van der Waals surface area contributed by atoms with Gasteiger partial charge in [-0.2, -0.15) is 18.7 Å². The van der Waals surface area contributed by atoms with E-state index in [0.717, 1.165) is 24.3 Å². The molecule has 1 amide bonds. The van der Waals surface area contributed by atoms with Crippen molar-refractivity contribution in [3.8, 4) is 5.75 Å². The van der Waals surface area contributed by atoms with Gasteiger partial charge in [0.1, 0.15) is 11.3 Å². The molecule has 0 spiro atoms. The van der Waals surface area contributed by atoms with E-state index < -0.39 is 23.6 Å². The minimum absolute atomic E-state index is 0.0545. The number of anilines is 1. The maximum Gasteiger partial charge on any atom is 0.289 e. The topological polar surface area (TPSA) is 102 Å². The van der Waals surface area contributed by atoms with E-state index in [1.807, 2.05) is 12.1 Å². The number of nitrogens with zero attached hydrogens (tertiary/aromatic N) is 5. The van der Waals surface area contributed by atoms with Gasteiger partial charge in [0.2, 0.25) is 17.7 Å². The number of hydrogen-bond acceptors (Lipinski definition) is 8. The molecule has 1 aliphatic carbocycles. The summed E-state index contributed by atoms with van der Waals surface area (Å²) in [6.07, 6.45) is 5.97. The zero-order valence-electron chi connectivity index (χ0n) is 18.4. The van der Waals surface area contributed by atoms with Gasteiger partial charge in [-0.15, -0.1) is 0 Å². The van der Waals surface area contributed by atoms with Crippen LogP contribution < -0.4 is 15.0 Å². The molecule has 1 N–H and O–H groups in total. The number of hydrogen-bond donors (Lipinski definition) is 1. The van der Waals surface area contributed by atoms with Gasteiger partial charge in [0.15, 0.2) is 0 Å². The number of ether oxygens (including phenoxy) is 2. The number of rotatable bonds is 5. The van der Waals surface area contributed by atoms with Gasteiger partial charge in [-0.1, -0.05) is 0 Å². The van der Waals surface area contributed by atoms with Crippen molar-refractivity contribution in [2.45, 2.75) is 37.8 Å². The van der Waals surface area contributed by atoms with Crippen molar-refractivity contribution in [2.24, 2.45) is 0 Å². The van der Waals surface area contributed by atoms with Crippen molar-refractivity contribution in [2.75, 3.05) is 31.2 Å². The molecule has 178 valence electrons. The Labute approximate surface area is 194 Å². The van der Waals surface area contributed by atoms with Crippen LogP contribution in [0, 0.1) is 11.9 Å². The third-order valence-corrected chi connectivity index (χ3v) is 6.07. The average Bonchev–Trinajstić information content (AvgIpc) is 2.85. The Kier molecular flexibility index (Phi) is 6.43. The summed E-state index contributed by atoms with van der Waals surface area (Å²) in [4.78, 5) is 30.2. The Balaban J connectivity index is 1.24. The zero-order valence-corrected chi connectivity index (χ0v) is 18.4. The molecule has 2 fully saturated rings. The van der Waals surface area contributed by atoms with E-state index in [9.17, 15) is 13.6 Å². The Morgan fingerprint density at radius 2 is 1.71 bits per heavy atom. The van der Waals surface area contributed by atoms with E-state index >= 15 is 0 Å². The summed E-state index contributed by atoms with van der Waals surface area (Å²) in [5, 5.41) is 2.76. The molecule has 1 aromatic carbocycles. The first kappa shape index (κ1) is 22.3. The highest BCUT2D eigenvalue weighted by atomic mass is 19.1. The summed E-state index contributed by atoms with van der Waals surface area (Å²) in [6.45, 7) is 2.96. The van der Waals surface area contributed by atoms with Gasteiger partial charge < -0.3 is 19.7 Å². The van der Waals surface area contributed by atoms with E-state index in [1.54, 1.807) is 12.4 Å². The average molecular weight is 470 g/mol. The third-order valence-electron chi connectivity index (χ3n) is 6.07. The van der Waals surface area contributed by atoms with Crippen LogP contribution in [0.4, 0.5) is 14.5 Å². The zero-order chi connectivity index (χ0) is 23.5. The number of nitrogens with one attached hydrogen (secondary N) is 1. The molecule has 0 bridgehead atoms. The van der Waals surface area contributed by atoms with Crippen LogP contribution in [0.5, 0.6) is 5.75 Å². The van der Waals surface area contributed by atoms with E-state index in [4.69, 9.17) is 9.47 Å². The minimum Gasteiger partial charge on any atom is -0.488 e. The highest BCUT2D eigenvalue weighted by molar-refractivity contribution is 5.90. The molecule has 1 saturated heterocycles. The van der Waals surface area contributed by atoms with E-state index in [1.165, 1.54) is 0 Å². The van der Waals surface area contributed by atoms with Crippen molar-refractivity contribution >= 4 is 22.6 Å². The maximum atomic E-state index is 13.3. The molecular weight excluding hydrogens is 446 g/mol. The molecule has 3 heterocycles. The molecule has 0 radical (unpaired) electrons. The summed E-state index contributed by atoms with van der Waals surface area (Å²) in [7, 11) is 0. The van der Waals surface area contributed by atoms with Crippen LogP contribution in [-0.4, -0.2) is 64.3 Å². The van der Waals surface area contributed by atoms with Crippen LogP contribution >= 0.6 is 0 Å². The fourth-order valence-corrected chi connectivity index (χ4v) is 4.37. The predicted molar refractivity (Wildman–Crippen MR) is 119 cm³/mol. The van der Waals surface area contributed by atoms with Crippen LogP contribution in [0.3, 0.4) is 0 Å². The van der Waals surface area contributed by atoms with E-state index in [0.29, 0.717) is 56.2 Å². The second-order valence-corrected chi connectivity index (χ2v) is 8.37. The number of carbonyl (C=O) groups is 1. The van der Waals surface area contributed by atoms with Crippen LogP contribution in [-0.2, 0) is 4.74 Å². The lowest BCUT2D eigenvalue weighted by atomic mass is 9.93. The van der Waals surface area contributed by atoms with Crippen LogP contribution in [0.1, 0.15) is 36.3 Å². The summed E-state index contributed by atoms with van der Waals surface area (Å²) in [5.41, 5.74) is 2.50. The number of halogens is 2. The van der Waals surface area contributed by atoms with E-state index in [-0.39, 0.29) is 12.1 Å². The normalized spacial score (nSPS) is 20.8. The third kappa shape index (κ3) is 5.04. The predicted octanol–water partition coefficient (Wildman–Crippen LogP) is 2.65. The number of morpholine rings is 1. The SMILES string of the molecule is O=C(NC1CCC(Oc2cc(N3CCOCC3)cc3nccnc23)CC1)c1nc(F)cc(F)n1. The standard InChI is InChI=1S/C23H24F2N6O3/c24-19-13-20(25)30-22(29-19)23(32)28-14-1-3-16(4-2-14)34-18-12-15(31-7-9-33-10-8-31)11-17-21(18)27-6-5-26-17/h5-6,11-14,16H,1-4,7-10H2,(H,28,32). The first-order chi connectivity index (χ1) is 16.5. The van der Waals surface area contributed by atoms with Crippen molar-refractivity contribution in [1.29, 1.82) is 0 Å². The monoisotopic (exact) mass is 470 g/mol. The summed E-state index contributed by atoms with van der Waals surface area (Å²) in [5.74, 6) is -2.68. The number of aromatic nitrogens is 4. The number of fused-ring (bicyclic) bond motifs is 1. The lowest BCUT2D eigenvalue weighted by molar-refractivity contribution is 0.0882. The Morgan fingerprint density at radius 1 is 1.00 bits per heavy atom. The highest BCUT2D eigenvalue weighted by Gasteiger charge is 2.26. The lowest BCUT2D eigenvalue weighted by Crippen LogP contribution is -2.40. The van der Waals surface area contributed by atoms with Crippen molar-refractivity contribution in [1.82, 2.24) is 25.3 Å². The van der Waals surface area contributed by atoms with Crippen molar-refractivity contribution in [3.63, 3.8) is 0 Å². The van der Waals surface area contributed by atoms with Crippen molar-refractivity contribution < 1.29 is 23.0 Å². The molecule has 34 heavy (non-hydrogen) atoms. The maximum absolute atomic E-state index is 13.3. The number of carbonyl (C=O) groups excluding carboxylic acids is 1. The summed E-state index contributed by atoms with van der Waals surface area (Å²) < 4.78 is 38.4. The summed E-state index contributed by atoms with van der Waals surface area (Å²) in [6, 6.07) is 4.40. The van der Waals surface area contributed by atoms with Gasteiger partial charge in [0, 0.05) is 49.3 Å². The number of benzene rings is 1. The molecule has 2 aliphatic rings. The Hall–Kier alpha value is -3.47. The number of amides is 1. The fraction of sp³-hybridized carbons (Fsp3) is 0.435. The second-order valence-electron chi connectivity index (χ2n) is 8.37. The van der Waals surface area contributed by atoms with Gasteiger partial charge in [0.25, 0.3) is 5.91 Å². The first-order valence-corrected chi connectivity index (χ1v) is 11.3.